The van der Waals surface area contributed by atoms with Gasteiger partial charge in [0, 0.05) is 42.8 Å². The van der Waals surface area contributed by atoms with Crippen LogP contribution in [0.3, 0.4) is 0 Å². The maximum absolute atomic E-state index is 13.3. The second-order valence-electron chi connectivity index (χ2n) is 8.29. The molecule has 3 atom stereocenters. The summed E-state index contributed by atoms with van der Waals surface area (Å²) in [4.78, 5) is 17.8. The molecule has 6 nitrogen and oxygen atoms in total. The quantitative estimate of drug-likeness (QED) is 0.693. The highest BCUT2D eigenvalue weighted by molar-refractivity contribution is 5.95. The molecular formula is C23H25N5O. The third-order valence-corrected chi connectivity index (χ3v) is 6.50. The first-order valence-electron chi connectivity index (χ1n) is 10.1. The molecule has 0 unspecified atom stereocenters. The maximum atomic E-state index is 13.3. The molecule has 3 heterocycles. The van der Waals surface area contributed by atoms with E-state index < -0.39 is 0 Å². The molecule has 2 aromatic carbocycles. The Hall–Kier alpha value is -2.99. The topological polar surface area (TPSA) is 54.3 Å². The van der Waals surface area contributed by atoms with Crippen molar-refractivity contribution in [3.63, 3.8) is 0 Å². The Morgan fingerprint density at radius 1 is 1.00 bits per heavy atom. The van der Waals surface area contributed by atoms with Crippen molar-refractivity contribution in [2.24, 2.45) is 11.8 Å². The van der Waals surface area contributed by atoms with Crippen LogP contribution >= 0.6 is 0 Å². The van der Waals surface area contributed by atoms with Gasteiger partial charge in [-0.05, 0) is 49.2 Å². The number of aryl methyl sites for hydroxylation is 1. The van der Waals surface area contributed by atoms with Gasteiger partial charge in [0.25, 0.3) is 5.91 Å². The van der Waals surface area contributed by atoms with Gasteiger partial charge in [0.2, 0.25) is 0 Å². The lowest BCUT2D eigenvalue weighted by atomic mass is 9.88. The zero-order valence-corrected chi connectivity index (χ0v) is 16.8. The van der Waals surface area contributed by atoms with Gasteiger partial charge in [-0.2, -0.15) is 0 Å². The molecule has 5 rings (SSSR count). The molecule has 29 heavy (non-hydrogen) atoms. The fourth-order valence-electron chi connectivity index (χ4n) is 5.13. The number of carbonyl (C=O) groups is 1. The molecule has 0 spiro atoms. The number of aromatic nitrogens is 3. The first-order chi connectivity index (χ1) is 14.1. The number of amides is 1. The van der Waals surface area contributed by atoms with E-state index in [4.69, 9.17) is 0 Å². The summed E-state index contributed by atoms with van der Waals surface area (Å²) in [5.41, 5.74) is 4.34. The van der Waals surface area contributed by atoms with Crippen molar-refractivity contribution >= 4 is 5.91 Å². The number of benzene rings is 2. The predicted molar refractivity (Wildman–Crippen MR) is 111 cm³/mol. The Kier molecular flexibility index (Phi) is 4.43. The van der Waals surface area contributed by atoms with E-state index in [9.17, 15) is 4.79 Å². The van der Waals surface area contributed by atoms with E-state index >= 15 is 0 Å². The number of fused-ring (bicyclic) bond motifs is 1. The second-order valence-corrected chi connectivity index (χ2v) is 8.29. The van der Waals surface area contributed by atoms with Crippen LogP contribution in [0.4, 0.5) is 0 Å². The molecule has 1 aromatic heterocycles. The Morgan fingerprint density at radius 2 is 1.79 bits per heavy atom. The van der Waals surface area contributed by atoms with Crippen molar-refractivity contribution < 1.29 is 4.79 Å². The molecular weight excluding hydrogens is 362 g/mol. The highest BCUT2D eigenvalue weighted by atomic mass is 16.2. The normalized spacial score (nSPS) is 24.1. The Labute approximate surface area is 170 Å². The molecule has 0 radical (unpaired) electrons. The minimum Gasteiger partial charge on any atom is -0.338 e. The minimum atomic E-state index is 0.112. The molecule has 2 aliphatic heterocycles. The van der Waals surface area contributed by atoms with E-state index in [1.165, 1.54) is 11.1 Å². The van der Waals surface area contributed by atoms with Gasteiger partial charge in [0.15, 0.2) is 0 Å². The maximum Gasteiger partial charge on any atom is 0.253 e. The Bertz CT molecular complexity index is 1030. The van der Waals surface area contributed by atoms with Gasteiger partial charge in [0.05, 0.1) is 0 Å². The SMILES string of the molecule is Cc1ccccc1[C@H]1[C@@H]2CN(C(=O)c3cccc(-n4cnnc4)c3)C[C@@H]2CN1C. The van der Waals surface area contributed by atoms with E-state index in [1.807, 2.05) is 33.7 Å². The van der Waals surface area contributed by atoms with E-state index in [1.54, 1.807) is 12.7 Å². The van der Waals surface area contributed by atoms with E-state index in [0.29, 0.717) is 17.9 Å². The van der Waals surface area contributed by atoms with Gasteiger partial charge < -0.3 is 4.90 Å². The third-order valence-electron chi connectivity index (χ3n) is 6.50. The Morgan fingerprint density at radius 3 is 2.59 bits per heavy atom. The molecule has 1 amide bonds. The fourth-order valence-corrected chi connectivity index (χ4v) is 5.13. The van der Waals surface area contributed by atoms with Crippen molar-refractivity contribution in [1.82, 2.24) is 24.6 Å². The molecule has 0 saturated carbocycles. The first-order valence-corrected chi connectivity index (χ1v) is 10.1. The molecule has 2 saturated heterocycles. The average Bonchev–Trinajstić information content (AvgIpc) is 3.45. The van der Waals surface area contributed by atoms with E-state index in [-0.39, 0.29) is 5.91 Å². The lowest BCUT2D eigenvalue weighted by Gasteiger charge is -2.28. The molecule has 0 bridgehead atoms. The van der Waals surface area contributed by atoms with E-state index in [2.05, 4.69) is 53.3 Å². The molecule has 0 aliphatic carbocycles. The van der Waals surface area contributed by atoms with Crippen LogP contribution in [0.5, 0.6) is 0 Å². The van der Waals surface area contributed by atoms with Gasteiger partial charge in [-0.1, -0.05) is 30.3 Å². The smallest absolute Gasteiger partial charge is 0.253 e. The highest BCUT2D eigenvalue weighted by Crippen LogP contribution is 2.45. The number of rotatable bonds is 3. The predicted octanol–water partition coefficient (Wildman–Crippen LogP) is 2.95. The average molecular weight is 387 g/mol. The zero-order valence-electron chi connectivity index (χ0n) is 16.8. The van der Waals surface area contributed by atoms with Crippen molar-refractivity contribution in [1.29, 1.82) is 0 Å². The lowest BCUT2D eigenvalue weighted by Crippen LogP contribution is -2.33. The fraction of sp³-hybridized carbons (Fsp3) is 0.348. The van der Waals surface area contributed by atoms with E-state index in [0.717, 1.165) is 30.9 Å². The molecule has 0 N–H and O–H groups in total. The lowest BCUT2D eigenvalue weighted by molar-refractivity contribution is 0.0768. The third kappa shape index (κ3) is 3.13. The summed E-state index contributed by atoms with van der Waals surface area (Å²) in [6.07, 6.45) is 3.29. The van der Waals surface area contributed by atoms with Crippen LogP contribution in [0.25, 0.3) is 5.69 Å². The van der Waals surface area contributed by atoms with Crippen molar-refractivity contribution in [3.8, 4) is 5.69 Å². The largest absolute Gasteiger partial charge is 0.338 e. The van der Waals surface area contributed by atoms with Crippen LogP contribution < -0.4 is 0 Å². The highest BCUT2D eigenvalue weighted by Gasteiger charge is 2.47. The molecule has 2 aliphatic rings. The van der Waals surface area contributed by atoms with Gasteiger partial charge >= 0.3 is 0 Å². The number of hydrogen-bond acceptors (Lipinski definition) is 4. The molecule has 2 fully saturated rings. The summed E-state index contributed by atoms with van der Waals surface area (Å²) in [6.45, 7) is 4.86. The first kappa shape index (κ1) is 18.1. The van der Waals surface area contributed by atoms with Crippen LogP contribution in [0.2, 0.25) is 0 Å². The van der Waals surface area contributed by atoms with Crippen molar-refractivity contribution in [2.45, 2.75) is 13.0 Å². The summed E-state index contributed by atoms with van der Waals surface area (Å²) < 4.78 is 1.82. The van der Waals surface area contributed by atoms with Crippen LogP contribution in [0, 0.1) is 18.8 Å². The second kappa shape index (κ2) is 7.12. The van der Waals surface area contributed by atoms with Gasteiger partial charge in [-0.25, -0.2) is 0 Å². The number of hydrogen-bond donors (Lipinski definition) is 0. The summed E-state index contributed by atoms with van der Waals surface area (Å²) >= 11 is 0. The van der Waals surface area contributed by atoms with Crippen LogP contribution in [0.15, 0.2) is 61.2 Å². The monoisotopic (exact) mass is 387 g/mol. The zero-order chi connectivity index (χ0) is 20.0. The van der Waals surface area contributed by atoms with Crippen LogP contribution in [0.1, 0.15) is 27.5 Å². The van der Waals surface area contributed by atoms with Gasteiger partial charge in [-0.3, -0.25) is 14.3 Å². The Balaban J connectivity index is 1.38. The van der Waals surface area contributed by atoms with Crippen LogP contribution in [-0.2, 0) is 0 Å². The standard InChI is InChI=1S/C23H25N5O/c1-16-6-3-4-9-20(16)22-21-13-27(12-18(21)11-26(22)2)23(29)17-7-5-8-19(10-17)28-14-24-25-15-28/h3-10,14-15,18,21-22H,11-13H2,1-2H3/t18-,21+,22-/m0/s1. The molecule has 3 aromatic rings. The molecule has 148 valence electrons. The summed E-state index contributed by atoms with van der Waals surface area (Å²) in [6, 6.07) is 16.7. The van der Waals surface area contributed by atoms with Gasteiger partial charge in [-0.15, -0.1) is 10.2 Å². The minimum absolute atomic E-state index is 0.112. The van der Waals surface area contributed by atoms with Crippen molar-refractivity contribution in [2.75, 3.05) is 26.7 Å². The number of likely N-dealkylation sites (tertiary alicyclic amines) is 2. The summed E-state index contributed by atoms with van der Waals surface area (Å²) in [5.74, 6) is 1.11. The summed E-state index contributed by atoms with van der Waals surface area (Å²) in [5, 5.41) is 7.71. The van der Waals surface area contributed by atoms with Crippen LogP contribution in [-0.4, -0.2) is 57.2 Å². The molecule has 6 heteroatoms. The number of nitrogens with zero attached hydrogens (tertiary/aromatic N) is 5. The number of carbonyl (C=O) groups excluding carboxylic acids is 1. The summed E-state index contributed by atoms with van der Waals surface area (Å²) in [7, 11) is 2.21. The van der Waals surface area contributed by atoms with Crippen molar-refractivity contribution in [3.05, 3.63) is 77.9 Å². The van der Waals surface area contributed by atoms with Gasteiger partial charge in [0.1, 0.15) is 12.7 Å².